The smallest absolute Gasteiger partial charge is 0.407 e. The van der Waals surface area contributed by atoms with Gasteiger partial charge in [0.2, 0.25) is 0 Å². The summed E-state index contributed by atoms with van der Waals surface area (Å²) in [6.07, 6.45) is 3.05. The van der Waals surface area contributed by atoms with Crippen LogP contribution in [0.1, 0.15) is 22.4 Å². The van der Waals surface area contributed by atoms with Crippen molar-refractivity contribution in [2.45, 2.75) is 32.7 Å². The number of amides is 1. The summed E-state index contributed by atoms with van der Waals surface area (Å²) in [5, 5.41) is 9.14. The maximum absolute atomic E-state index is 12.4. The highest BCUT2D eigenvalue weighted by Gasteiger charge is 2.22. The molecule has 0 fully saturated rings. The lowest BCUT2D eigenvalue weighted by molar-refractivity contribution is 0.145. The Labute approximate surface area is 175 Å². The summed E-state index contributed by atoms with van der Waals surface area (Å²) in [4.78, 5) is 29.1. The topological polar surface area (TPSA) is 84.7 Å². The van der Waals surface area contributed by atoms with Crippen LogP contribution in [0, 0.1) is 0 Å². The zero-order valence-electron chi connectivity index (χ0n) is 16.3. The van der Waals surface area contributed by atoms with Crippen LogP contribution in [0.5, 0.6) is 5.75 Å². The number of benzene rings is 1. The number of ether oxygens (including phenoxy) is 1. The lowest BCUT2D eigenvalue weighted by atomic mass is 9.99. The van der Waals surface area contributed by atoms with E-state index < -0.39 is 6.09 Å². The van der Waals surface area contributed by atoms with Gasteiger partial charge in [-0.05, 0) is 35.2 Å². The first kappa shape index (κ1) is 19.8. The van der Waals surface area contributed by atoms with Gasteiger partial charge < -0.3 is 14.4 Å². The van der Waals surface area contributed by atoms with E-state index in [2.05, 4.69) is 4.98 Å². The summed E-state index contributed by atoms with van der Waals surface area (Å²) >= 11 is 0. The van der Waals surface area contributed by atoms with Crippen molar-refractivity contribution < 1.29 is 14.6 Å². The number of nitrogens with zero attached hydrogens (tertiary/aromatic N) is 3. The highest BCUT2D eigenvalue weighted by atomic mass is 16.5. The van der Waals surface area contributed by atoms with E-state index in [1.165, 1.54) is 11.0 Å². The van der Waals surface area contributed by atoms with Crippen molar-refractivity contribution in [2.75, 3.05) is 0 Å². The molecular formula is C22H20BN3O4. The highest BCUT2D eigenvalue weighted by molar-refractivity contribution is 6.32. The lowest BCUT2D eigenvalue weighted by Crippen LogP contribution is -2.22. The van der Waals surface area contributed by atoms with E-state index in [-0.39, 0.29) is 12.2 Å². The summed E-state index contributed by atoms with van der Waals surface area (Å²) in [6.45, 7) is 1.62. The van der Waals surface area contributed by atoms with Crippen molar-refractivity contribution in [1.82, 2.24) is 14.5 Å². The number of pyridine rings is 2. The molecule has 1 aliphatic heterocycles. The molecule has 0 bridgehead atoms. The molecule has 150 valence electrons. The molecule has 1 aliphatic rings. The van der Waals surface area contributed by atoms with Crippen molar-refractivity contribution in [2.24, 2.45) is 0 Å². The van der Waals surface area contributed by atoms with Gasteiger partial charge in [-0.15, -0.1) is 0 Å². The molecule has 3 heterocycles. The van der Waals surface area contributed by atoms with Crippen LogP contribution in [0.15, 0.2) is 59.7 Å². The largest absolute Gasteiger partial charge is 0.487 e. The second-order valence-electron chi connectivity index (χ2n) is 7.26. The average molecular weight is 401 g/mol. The van der Waals surface area contributed by atoms with Gasteiger partial charge in [0.15, 0.2) is 0 Å². The number of hydrogen-bond donors (Lipinski definition) is 1. The predicted octanol–water partition coefficient (Wildman–Crippen LogP) is 1.85. The van der Waals surface area contributed by atoms with E-state index >= 15 is 0 Å². The Morgan fingerprint density at radius 3 is 2.70 bits per heavy atom. The third-order valence-corrected chi connectivity index (χ3v) is 5.11. The van der Waals surface area contributed by atoms with Crippen LogP contribution in [0.2, 0.25) is 0 Å². The van der Waals surface area contributed by atoms with Gasteiger partial charge in [0.05, 0.1) is 5.69 Å². The number of fused-ring (bicyclic) bond motifs is 1. The second kappa shape index (κ2) is 8.45. The van der Waals surface area contributed by atoms with E-state index in [0.29, 0.717) is 37.3 Å². The standard InChI is InChI=1S/C22H20BN3O4/c23-18-3-4-19(24-11-18)14-30-20-6-8-25(21(27)10-20)7-5-15-1-2-16-12-26(22(28)29)13-17(16)9-15/h1-4,6,8-11H,5,7,12-14H2,(H,28,29). The van der Waals surface area contributed by atoms with Crippen LogP contribution in [-0.2, 0) is 32.7 Å². The van der Waals surface area contributed by atoms with Crippen molar-refractivity contribution >= 4 is 19.4 Å². The maximum atomic E-state index is 12.4. The van der Waals surface area contributed by atoms with Gasteiger partial charge in [-0.1, -0.05) is 29.7 Å². The van der Waals surface area contributed by atoms with E-state index in [4.69, 9.17) is 17.7 Å². The number of aromatic nitrogens is 2. The zero-order valence-corrected chi connectivity index (χ0v) is 16.3. The number of rotatable bonds is 6. The molecule has 0 saturated carbocycles. The number of carboxylic acid groups (broad SMARTS) is 1. The number of carbonyl (C=O) groups is 1. The van der Waals surface area contributed by atoms with Crippen molar-refractivity contribution in [3.8, 4) is 5.75 Å². The Bertz CT molecular complexity index is 1130. The molecule has 30 heavy (non-hydrogen) atoms. The summed E-state index contributed by atoms with van der Waals surface area (Å²) in [5.74, 6) is 0.487. The fraction of sp³-hybridized carbons (Fsp3) is 0.227. The van der Waals surface area contributed by atoms with Crippen LogP contribution in [0.25, 0.3) is 0 Å². The Morgan fingerprint density at radius 1 is 1.13 bits per heavy atom. The van der Waals surface area contributed by atoms with Gasteiger partial charge in [-0.25, -0.2) is 4.79 Å². The Morgan fingerprint density at radius 2 is 1.97 bits per heavy atom. The molecule has 4 rings (SSSR count). The molecule has 1 N–H and O–H groups in total. The third kappa shape index (κ3) is 4.54. The number of hydrogen-bond acceptors (Lipinski definition) is 4. The summed E-state index contributed by atoms with van der Waals surface area (Å²) < 4.78 is 7.27. The van der Waals surface area contributed by atoms with E-state index in [1.807, 2.05) is 18.2 Å². The molecule has 0 spiro atoms. The van der Waals surface area contributed by atoms with Crippen LogP contribution in [-0.4, -0.2) is 33.5 Å². The maximum Gasteiger partial charge on any atom is 0.407 e. The normalized spacial score (nSPS) is 12.6. The van der Waals surface area contributed by atoms with Crippen molar-refractivity contribution in [3.05, 3.63) is 87.6 Å². The quantitative estimate of drug-likeness (QED) is 0.638. The second-order valence-corrected chi connectivity index (χ2v) is 7.26. The van der Waals surface area contributed by atoms with E-state index in [9.17, 15) is 9.59 Å². The summed E-state index contributed by atoms with van der Waals surface area (Å²) in [5.41, 5.74) is 4.31. The molecular weight excluding hydrogens is 381 g/mol. The first-order valence-corrected chi connectivity index (χ1v) is 9.60. The molecule has 0 saturated heterocycles. The van der Waals surface area contributed by atoms with Crippen LogP contribution < -0.4 is 15.8 Å². The average Bonchev–Trinajstić information content (AvgIpc) is 3.16. The van der Waals surface area contributed by atoms with Gasteiger partial charge in [0, 0.05) is 38.1 Å². The van der Waals surface area contributed by atoms with E-state index in [0.717, 1.165) is 22.4 Å². The molecule has 0 unspecified atom stereocenters. The third-order valence-electron chi connectivity index (χ3n) is 5.11. The molecule has 1 amide bonds. The van der Waals surface area contributed by atoms with E-state index in [1.54, 1.807) is 35.2 Å². The Balaban J connectivity index is 1.35. The van der Waals surface area contributed by atoms with Crippen molar-refractivity contribution in [3.63, 3.8) is 0 Å². The lowest BCUT2D eigenvalue weighted by Gasteiger charge is -2.10. The molecule has 2 aromatic heterocycles. The van der Waals surface area contributed by atoms with Gasteiger partial charge in [-0.2, -0.15) is 0 Å². The molecule has 0 atom stereocenters. The highest BCUT2D eigenvalue weighted by Crippen LogP contribution is 2.24. The minimum Gasteiger partial charge on any atom is -0.487 e. The molecule has 3 aromatic rings. The molecule has 0 aliphatic carbocycles. The zero-order chi connectivity index (χ0) is 21.1. The van der Waals surface area contributed by atoms with Gasteiger partial charge in [-0.3, -0.25) is 14.7 Å². The minimum absolute atomic E-state index is 0.143. The van der Waals surface area contributed by atoms with Gasteiger partial charge in [0.1, 0.15) is 20.2 Å². The van der Waals surface area contributed by atoms with Crippen LogP contribution in [0.3, 0.4) is 0 Å². The minimum atomic E-state index is -0.909. The first-order valence-electron chi connectivity index (χ1n) is 9.60. The molecule has 8 heteroatoms. The van der Waals surface area contributed by atoms with Gasteiger partial charge >= 0.3 is 6.09 Å². The fourth-order valence-corrected chi connectivity index (χ4v) is 3.43. The Kier molecular flexibility index (Phi) is 5.56. The monoisotopic (exact) mass is 401 g/mol. The van der Waals surface area contributed by atoms with Crippen molar-refractivity contribution in [1.29, 1.82) is 0 Å². The predicted molar refractivity (Wildman–Crippen MR) is 112 cm³/mol. The SMILES string of the molecule is [B]c1ccc(COc2ccn(CCc3ccc4c(c3)CN(C(=O)O)C4)c(=O)c2)nc1. The fourth-order valence-electron chi connectivity index (χ4n) is 3.43. The molecule has 1 aromatic carbocycles. The van der Waals surface area contributed by atoms with Crippen LogP contribution in [0.4, 0.5) is 4.79 Å². The first-order chi connectivity index (χ1) is 14.5. The Hall–Kier alpha value is -3.55. The number of aryl methyl sites for hydroxylation is 2. The molecule has 2 radical (unpaired) electrons. The van der Waals surface area contributed by atoms with Gasteiger partial charge in [0.25, 0.3) is 5.56 Å². The summed E-state index contributed by atoms with van der Waals surface area (Å²) in [6, 6.07) is 12.7. The van der Waals surface area contributed by atoms with Crippen LogP contribution >= 0.6 is 0 Å². The molecule has 7 nitrogen and oxygen atoms in total. The summed E-state index contributed by atoms with van der Waals surface area (Å²) in [7, 11) is 5.61.